The average Bonchev–Trinajstić information content (AvgIpc) is 3.20. The van der Waals surface area contributed by atoms with Crippen LogP contribution in [0.25, 0.3) is 11.4 Å². The van der Waals surface area contributed by atoms with Gasteiger partial charge in [0.15, 0.2) is 0 Å². The molecule has 1 saturated heterocycles. The van der Waals surface area contributed by atoms with Crippen molar-refractivity contribution in [1.29, 1.82) is 0 Å². The van der Waals surface area contributed by atoms with Gasteiger partial charge >= 0.3 is 0 Å². The van der Waals surface area contributed by atoms with Crippen LogP contribution >= 0.6 is 0 Å². The number of para-hydroxylation sites is 1. The van der Waals surface area contributed by atoms with E-state index < -0.39 is 0 Å². The molecular formula is C22H23N3O3. The fraction of sp³-hybridized carbons (Fsp3) is 0.318. The minimum Gasteiger partial charge on any atom is -0.496 e. The number of hydrogen-bond acceptors (Lipinski definition) is 5. The zero-order chi connectivity index (χ0) is 19.5. The molecule has 0 radical (unpaired) electrons. The van der Waals surface area contributed by atoms with Crippen molar-refractivity contribution >= 4 is 5.91 Å². The molecule has 1 aromatic heterocycles. The van der Waals surface area contributed by atoms with Crippen molar-refractivity contribution in [2.24, 2.45) is 0 Å². The molecule has 6 nitrogen and oxygen atoms in total. The lowest BCUT2D eigenvalue weighted by molar-refractivity contribution is -0.134. The number of carbonyl (C=O) groups excluding carboxylic acids is 1. The summed E-state index contributed by atoms with van der Waals surface area (Å²) in [6.07, 6.45) is 1.19. The van der Waals surface area contributed by atoms with E-state index in [0.717, 1.165) is 28.9 Å². The summed E-state index contributed by atoms with van der Waals surface area (Å²) in [5.74, 6) is 2.16. The second-order valence-corrected chi connectivity index (χ2v) is 7.09. The summed E-state index contributed by atoms with van der Waals surface area (Å²) in [6.45, 7) is 3.10. The van der Waals surface area contributed by atoms with Gasteiger partial charge in [0.25, 0.3) is 0 Å². The van der Waals surface area contributed by atoms with E-state index in [1.54, 1.807) is 7.11 Å². The second-order valence-electron chi connectivity index (χ2n) is 7.09. The highest BCUT2D eigenvalue weighted by molar-refractivity contribution is 5.77. The zero-order valence-electron chi connectivity index (χ0n) is 16.1. The van der Waals surface area contributed by atoms with Crippen molar-refractivity contribution in [2.45, 2.75) is 32.2 Å². The van der Waals surface area contributed by atoms with Gasteiger partial charge in [0, 0.05) is 30.6 Å². The molecule has 3 aromatic rings. The van der Waals surface area contributed by atoms with Gasteiger partial charge in [-0.2, -0.15) is 4.98 Å². The number of aryl methyl sites for hydroxylation is 1. The molecule has 4 rings (SSSR count). The SMILES string of the molecule is COc1ccccc1CN1C[C@@H](c2nc(-c3ccccc3C)no2)CCC1=O. The van der Waals surface area contributed by atoms with Gasteiger partial charge in [0.1, 0.15) is 5.75 Å². The maximum Gasteiger partial charge on any atom is 0.231 e. The Labute approximate surface area is 164 Å². The van der Waals surface area contributed by atoms with E-state index in [-0.39, 0.29) is 11.8 Å². The maximum atomic E-state index is 12.5. The average molecular weight is 377 g/mol. The molecule has 0 N–H and O–H groups in total. The molecule has 1 aliphatic rings. The molecule has 0 aliphatic carbocycles. The molecule has 144 valence electrons. The van der Waals surface area contributed by atoms with E-state index in [1.165, 1.54) is 0 Å². The molecule has 0 saturated carbocycles. The number of amides is 1. The minimum atomic E-state index is 0.0395. The van der Waals surface area contributed by atoms with Gasteiger partial charge in [0.05, 0.1) is 13.0 Å². The number of rotatable bonds is 5. The molecule has 6 heteroatoms. The molecule has 0 spiro atoms. The number of nitrogens with zero attached hydrogens (tertiary/aromatic N) is 3. The van der Waals surface area contributed by atoms with Crippen LogP contribution in [0, 0.1) is 6.92 Å². The third-order valence-corrected chi connectivity index (χ3v) is 5.23. The summed E-state index contributed by atoms with van der Waals surface area (Å²) in [6, 6.07) is 15.7. The van der Waals surface area contributed by atoms with Crippen molar-refractivity contribution in [3.63, 3.8) is 0 Å². The Hall–Kier alpha value is -3.15. The first-order valence-electron chi connectivity index (χ1n) is 9.45. The van der Waals surface area contributed by atoms with Crippen molar-refractivity contribution in [1.82, 2.24) is 15.0 Å². The molecule has 28 heavy (non-hydrogen) atoms. The van der Waals surface area contributed by atoms with E-state index in [9.17, 15) is 4.79 Å². The molecule has 0 unspecified atom stereocenters. The lowest BCUT2D eigenvalue weighted by Gasteiger charge is -2.31. The lowest BCUT2D eigenvalue weighted by Crippen LogP contribution is -2.38. The molecular weight excluding hydrogens is 354 g/mol. The summed E-state index contributed by atoms with van der Waals surface area (Å²) in [5, 5.41) is 4.17. The summed E-state index contributed by atoms with van der Waals surface area (Å²) < 4.78 is 11.0. The minimum absolute atomic E-state index is 0.0395. The van der Waals surface area contributed by atoms with Gasteiger partial charge in [0.2, 0.25) is 17.6 Å². The summed E-state index contributed by atoms with van der Waals surface area (Å²) in [5.41, 5.74) is 3.06. The Bertz CT molecular complexity index is 982. The van der Waals surface area contributed by atoms with E-state index in [0.29, 0.717) is 31.2 Å². The summed E-state index contributed by atoms with van der Waals surface area (Å²) in [7, 11) is 1.64. The number of piperidine rings is 1. The van der Waals surface area contributed by atoms with E-state index >= 15 is 0 Å². The Morgan fingerprint density at radius 1 is 1.18 bits per heavy atom. The van der Waals surface area contributed by atoms with Crippen molar-refractivity contribution < 1.29 is 14.1 Å². The number of aromatic nitrogens is 2. The maximum absolute atomic E-state index is 12.5. The molecule has 2 aromatic carbocycles. The van der Waals surface area contributed by atoms with Crippen LogP contribution in [-0.4, -0.2) is 34.6 Å². The first-order valence-corrected chi connectivity index (χ1v) is 9.45. The number of methoxy groups -OCH3 is 1. The molecule has 2 heterocycles. The van der Waals surface area contributed by atoms with Crippen LogP contribution in [0.2, 0.25) is 0 Å². The van der Waals surface area contributed by atoms with Gasteiger partial charge in [-0.15, -0.1) is 0 Å². The Kier molecular flexibility index (Phi) is 5.10. The smallest absolute Gasteiger partial charge is 0.231 e. The second kappa shape index (κ2) is 7.84. The molecule has 1 atom stereocenters. The highest BCUT2D eigenvalue weighted by Gasteiger charge is 2.31. The third kappa shape index (κ3) is 3.63. The van der Waals surface area contributed by atoms with Gasteiger partial charge in [-0.05, 0) is 25.0 Å². The summed E-state index contributed by atoms with van der Waals surface area (Å²) in [4.78, 5) is 18.9. The number of ether oxygens (including phenoxy) is 1. The van der Waals surface area contributed by atoms with E-state index in [2.05, 4.69) is 10.1 Å². The number of carbonyl (C=O) groups is 1. The fourth-order valence-corrected chi connectivity index (χ4v) is 3.64. The Morgan fingerprint density at radius 3 is 2.79 bits per heavy atom. The van der Waals surface area contributed by atoms with Crippen LogP contribution < -0.4 is 4.74 Å². The summed E-state index contributed by atoms with van der Waals surface area (Å²) >= 11 is 0. The molecule has 1 amide bonds. The predicted molar refractivity (Wildman–Crippen MR) is 105 cm³/mol. The van der Waals surface area contributed by atoms with Crippen LogP contribution in [0.4, 0.5) is 0 Å². The highest BCUT2D eigenvalue weighted by Crippen LogP contribution is 2.30. The Balaban J connectivity index is 1.52. The standard InChI is InChI=1S/C22H23N3O3/c1-15-7-3-5-9-18(15)21-23-22(28-24-21)17-11-12-20(26)25(14-17)13-16-8-4-6-10-19(16)27-2/h3-10,17H,11-14H2,1-2H3/t17-/m0/s1. The first kappa shape index (κ1) is 18.2. The fourth-order valence-electron chi connectivity index (χ4n) is 3.64. The van der Waals surface area contributed by atoms with Crippen LogP contribution in [0.15, 0.2) is 53.1 Å². The quantitative estimate of drug-likeness (QED) is 0.673. The Morgan fingerprint density at radius 2 is 1.96 bits per heavy atom. The van der Waals surface area contributed by atoms with Crippen molar-refractivity contribution in [2.75, 3.05) is 13.7 Å². The lowest BCUT2D eigenvalue weighted by atomic mass is 9.96. The van der Waals surface area contributed by atoms with Crippen LogP contribution in [-0.2, 0) is 11.3 Å². The van der Waals surface area contributed by atoms with Gasteiger partial charge in [-0.1, -0.05) is 47.6 Å². The van der Waals surface area contributed by atoms with Gasteiger partial charge in [-0.3, -0.25) is 4.79 Å². The first-order chi connectivity index (χ1) is 13.7. The molecule has 1 fully saturated rings. The van der Waals surface area contributed by atoms with Crippen molar-refractivity contribution in [3.8, 4) is 17.1 Å². The zero-order valence-corrected chi connectivity index (χ0v) is 16.1. The number of likely N-dealkylation sites (tertiary alicyclic amines) is 1. The van der Waals surface area contributed by atoms with Crippen LogP contribution in [0.3, 0.4) is 0 Å². The van der Waals surface area contributed by atoms with Crippen molar-refractivity contribution in [3.05, 3.63) is 65.5 Å². The third-order valence-electron chi connectivity index (χ3n) is 5.23. The topological polar surface area (TPSA) is 68.5 Å². The number of benzene rings is 2. The largest absolute Gasteiger partial charge is 0.496 e. The van der Waals surface area contributed by atoms with E-state index in [1.807, 2.05) is 60.4 Å². The van der Waals surface area contributed by atoms with Crippen LogP contribution in [0.5, 0.6) is 5.75 Å². The monoisotopic (exact) mass is 377 g/mol. The molecule has 1 aliphatic heterocycles. The van der Waals surface area contributed by atoms with Gasteiger partial charge in [-0.25, -0.2) is 0 Å². The van der Waals surface area contributed by atoms with Crippen LogP contribution in [0.1, 0.15) is 35.8 Å². The van der Waals surface area contributed by atoms with Gasteiger partial charge < -0.3 is 14.2 Å². The molecule has 0 bridgehead atoms. The predicted octanol–water partition coefficient (Wildman–Crippen LogP) is 3.96. The highest BCUT2D eigenvalue weighted by atomic mass is 16.5. The number of hydrogen-bond donors (Lipinski definition) is 0. The normalized spacial score (nSPS) is 17.0. The van der Waals surface area contributed by atoms with E-state index in [4.69, 9.17) is 9.26 Å².